The maximum Gasteiger partial charge on any atom is 0.238 e. The molecule has 116 valence electrons. The van der Waals surface area contributed by atoms with E-state index in [1.54, 1.807) is 0 Å². The average Bonchev–Trinajstić information content (AvgIpc) is 2.43. The lowest BCUT2D eigenvalue weighted by atomic mass is 9.99. The van der Waals surface area contributed by atoms with E-state index in [1.807, 2.05) is 0 Å². The van der Waals surface area contributed by atoms with Crippen molar-refractivity contribution in [1.29, 1.82) is 0 Å². The Balaban J connectivity index is 1.96. The fourth-order valence-electron chi connectivity index (χ4n) is 2.49. The Morgan fingerprint density at radius 2 is 2.00 bits per heavy atom. The first kappa shape index (κ1) is 18.1. The fourth-order valence-corrected chi connectivity index (χ4v) is 6.34. The fraction of sp³-hybridized carbons (Fsp3) is 0.500. The number of benzene rings is 1. The SMILES string of the molecule is O=C(CN1CCCC(CO)C1)Nc1c(I)cc(I)cc1I. The van der Waals surface area contributed by atoms with Crippen LogP contribution in [0.3, 0.4) is 0 Å². The van der Waals surface area contributed by atoms with Crippen molar-refractivity contribution in [3.63, 3.8) is 0 Å². The second-order valence-corrected chi connectivity index (χ2v) is 8.79. The van der Waals surface area contributed by atoms with Crippen LogP contribution < -0.4 is 5.32 Å². The molecular formula is C14H17I3N2O2. The number of likely N-dealkylation sites (tertiary alicyclic amines) is 1. The van der Waals surface area contributed by atoms with Crippen molar-refractivity contribution in [1.82, 2.24) is 4.90 Å². The van der Waals surface area contributed by atoms with Gasteiger partial charge in [-0.1, -0.05) is 0 Å². The van der Waals surface area contributed by atoms with Crippen LogP contribution in [0.2, 0.25) is 0 Å². The van der Waals surface area contributed by atoms with Gasteiger partial charge in [0.2, 0.25) is 5.91 Å². The minimum absolute atomic E-state index is 0.0191. The minimum Gasteiger partial charge on any atom is -0.396 e. The van der Waals surface area contributed by atoms with Crippen LogP contribution in [0.4, 0.5) is 5.69 Å². The molecular weight excluding hydrogens is 609 g/mol. The van der Waals surface area contributed by atoms with Gasteiger partial charge in [0.25, 0.3) is 0 Å². The Labute approximate surface area is 165 Å². The van der Waals surface area contributed by atoms with E-state index in [0.717, 1.165) is 38.8 Å². The van der Waals surface area contributed by atoms with E-state index in [2.05, 4.69) is 90.1 Å². The smallest absolute Gasteiger partial charge is 0.238 e. The van der Waals surface area contributed by atoms with Crippen LogP contribution >= 0.6 is 67.8 Å². The number of hydrogen-bond donors (Lipinski definition) is 2. The van der Waals surface area contributed by atoms with Gasteiger partial charge in [-0.2, -0.15) is 0 Å². The molecule has 1 unspecified atom stereocenters. The molecule has 1 atom stereocenters. The normalized spacial score (nSPS) is 19.5. The first-order chi connectivity index (χ1) is 9.99. The molecule has 1 amide bonds. The third-order valence-corrected chi connectivity index (χ3v) is 5.82. The molecule has 1 heterocycles. The molecule has 0 aliphatic carbocycles. The largest absolute Gasteiger partial charge is 0.396 e. The minimum atomic E-state index is 0.0191. The third-order valence-electron chi connectivity index (χ3n) is 3.50. The van der Waals surface area contributed by atoms with E-state index < -0.39 is 0 Å². The van der Waals surface area contributed by atoms with Gasteiger partial charge in [-0.05, 0) is 105 Å². The first-order valence-electron chi connectivity index (χ1n) is 6.77. The molecule has 0 spiro atoms. The first-order valence-corrected chi connectivity index (χ1v) is 10.0. The van der Waals surface area contributed by atoms with E-state index >= 15 is 0 Å². The Hall–Kier alpha value is 0.800. The second kappa shape index (κ2) is 8.60. The predicted octanol–water partition coefficient (Wildman–Crippen LogP) is 3.14. The van der Waals surface area contributed by atoms with Crippen molar-refractivity contribution in [2.24, 2.45) is 5.92 Å². The van der Waals surface area contributed by atoms with Gasteiger partial charge in [0.05, 0.1) is 12.2 Å². The van der Waals surface area contributed by atoms with Crippen molar-refractivity contribution in [2.45, 2.75) is 12.8 Å². The van der Waals surface area contributed by atoms with E-state index in [1.165, 1.54) is 3.57 Å². The third kappa shape index (κ3) is 5.43. The van der Waals surface area contributed by atoms with Gasteiger partial charge in [0.1, 0.15) is 0 Å². The van der Waals surface area contributed by atoms with Crippen molar-refractivity contribution in [2.75, 3.05) is 31.6 Å². The summed E-state index contributed by atoms with van der Waals surface area (Å²) in [4.78, 5) is 14.4. The number of carbonyl (C=O) groups is 1. The standard InChI is InChI=1S/C14H17I3N2O2/c15-10-4-11(16)14(12(17)5-10)18-13(21)7-19-3-1-2-9(6-19)8-20/h4-5,9,20H,1-3,6-8H2,(H,18,21). The quantitative estimate of drug-likeness (QED) is 0.506. The molecule has 1 fully saturated rings. The zero-order chi connectivity index (χ0) is 15.4. The van der Waals surface area contributed by atoms with E-state index in [0.29, 0.717) is 12.5 Å². The zero-order valence-electron chi connectivity index (χ0n) is 11.4. The van der Waals surface area contributed by atoms with Crippen LogP contribution in [0, 0.1) is 16.6 Å². The maximum atomic E-state index is 12.2. The van der Waals surface area contributed by atoms with Crippen LogP contribution in [-0.2, 0) is 4.79 Å². The van der Waals surface area contributed by atoms with Gasteiger partial charge in [0, 0.05) is 23.9 Å². The molecule has 1 aliphatic heterocycles. The Morgan fingerprint density at radius 1 is 1.33 bits per heavy atom. The Morgan fingerprint density at radius 3 is 2.62 bits per heavy atom. The summed E-state index contributed by atoms with van der Waals surface area (Å²) in [6.45, 7) is 2.36. The molecule has 0 radical (unpaired) electrons. The number of piperidine rings is 1. The van der Waals surface area contributed by atoms with E-state index in [-0.39, 0.29) is 12.5 Å². The maximum absolute atomic E-state index is 12.2. The lowest BCUT2D eigenvalue weighted by Crippen LogP contribution is -2.41. The lowest BCUT2D eigenvalue weighted by molar-refractivity contribution is -0.117. The number of rotatable bonds is 4. The van der Waals surface area contributed by atoms with Gasteiger partial charge in [-0.25, -0.2) is 0 Å². The van der Waals surface area contributed by atoms with E-state index in [4.69, 9.17) is 0 Å². The van der Waals surface area contributed by atoms with Crippen molar-refractivity contribution < 1.29 is 9.90 Å². The molecule has 21 heavy (non-hydrogen) atoms. The number of nitrogens with one attached hydrogen (secondary N) is 1. The summed E-state index contributed by atoms with van der Waals surface area (Å²) >= 11 is 6.79. The second-order valence-electron chi connectivity index (χ2n) is 5.22. The summed E-state index contributed by atoms with van der Waals surface area (Å²) in [6.07, 6.45) is 2.11. The molecule has 2 N–H and O–H groups in total. The number of hydrogen-bond acceptors (Lipinski definition) is 3. The molecule has 7 heteroatoms. The highest BCUT2D eigenvalue weighted by Gasteiger charge is 2.21. The van der Waals surface area contributed by atoms with Gasteiger partial charge < -0.3 is 10.4 Å². The summed E-state index contributed by atoms with van der Waals surface area (Å²) in [6, 6.07) is 4.11. The highest BCUT2D eigenvalue weighted by molar-refractivity contribution is 14.1. The van der Waals surface area contributed by atoms with Gasteiger partial charge in [0.15, 0.2) is 0 Å². The topological polar surface area (TPSA) is 52.6 Å². The molecule has 4 nitrogen and oxygen atoms in total. The van der Waals surface area contributed by atoms with Crippen LogP contribution in [0.25, 0.3) is 0 Å². The van der Waals surface area contributed by atoms with Crippen LogP contribution in [-0.4, -0.2) is 42.2 Å². The summed E-state index contributed by atoms with van der Waals surface area (Å²) in [5.74, 6) is 0.329. The number of amides is 1. The number of nitrogens with zero attached hydrogens (tertiary/aromatic N) is 1. The molecule has 0 aromatic heterocycles. The number of carbonyl (C=O) groups excluding carboxylic acids is 1. The van der Waals surface area contributed by atoms with Crippen LogP contribution in [0.5, 0.6) is 0 Å². The summed E-state index contributed by atoms with van der Waals surface area (Å²) < 4.78 is 3.29. The van der Waals surface area contributed by atoms with Gasteiger partial charge >= 0.3 is 0 Å². The van der Waals surface area contributed by atoms with Gasteiger partial charge in [-0.3, -0.25) is 9.69 Å². The lowest BCUT2D eigenvalue weighted by Gasteiger charge is -2.31. The van der Waals surface area contributed by atoms with Crippen molar-refractivity contribution in [3.05, 3.63) is 22.8 Å². The predicted molar refractivity (Wildman–Crippen MR) is 109 cm³/mol. The Bertz CT molecular complexity index is 502. The summed E-state index contributed by atoms with van der Waals surface area (Å²) in [5, 5.41) is 12.3. The van der Waals surface area contributed by atoms with Crippen molar-refractivity contribution in [3.8, 4) is 0 Å². The number of aliphatic hydroxyl groups excluding tert-OH is 1. The van der Waals surface area contributed by atoms with Crippen molar-refractivity contribution >= 4 is 79.4 Å². The summed E-state index contributed by atoms with van der Waals surface area (Å²) in [5.41, 5.74) is 0.900. The van der Waals surface area contributed by atoms with Crippen LogP contribution in [0.1, 0.15) is 12.8 Å². The Kier molecular flexibility index (Phi) is 7.43. The number of aliphatic hydroxyl groups is 1. The number of anilines is 1. The molecule has 0 saturated carbocycles. The molecule has 1 saturated heterocycles. The highest BCUT2D eigenvalue weighted by atomic mass is 127. The number of halogens is 3. The van der Waals surface area contributed by atoms with Crippen LogP contribution in [0.15, 0.2) is 12.1 Å². The highest BCUT2D eigenvalue weighted by Crippen LogP contribution is 2.27. The molecule has 2 rings (SSSR count). The zero-order valence-corrected chi connectivity index (χ0v) is 17.9. The van der Waals surface area contributed by atoms with Gasteiger partial charge in [-0.15, -0.1) is 0 Å². The molecule has 1 aromatic carbocycles. The molecule has 1 aliphatic rings. The summed E-state index contributed by atoms with van der Waals surface area (Å²) in [7, 11) is 0. The van der Waals surface area contributed by atoms with E-state index in [9.17, 15) is 9.90 Å². The monoisotopic (exact) mass is 626 g/mol. The molecule has 0 bridgehead atoms. The molecule has 1 aromatic rings. The average molecular weight is 626 g/mol.